The monoisotopic (exact) mass is 279 g/mol. The van der Waals surface area contributed by atoms with Gasteiger partial charge in [0.05, 0.1) is 17.0 Å². The summed E-state index contributed by atoms with van der Waals surface area (Å²) in [5, 5.41) is 13.4. The number of aromatic nitrogens is 2. The molecule has 0 saturated heterocycles. The van der Waals surface area contributed by atoms with E-state index in [0.717, 1.165) is 11.1 Å². The Balaban J connectivity index is 2.18. The Morgan fingerprint density at radius 1 is 1.53 bits per heavy atom. The largest absolute Gasteiger partial charge is 0.384 e. The van der Waals surface area contributed by atoms with Gasteiger partial charge in [0.1, 0.15) is 17.6 Å². The van der Waals surface area contributed by atoms with E-state index in [0.29, 0.717) is 0 Å². The normalized spacial score (nSPS) is 10.1. The summed E-state index contributed by atoms with van der Waals surface area (Å²) in [5.41, 5.74) is 6.58. The van der Waals surface area contributed by atoms with E-state index in [1.54, 1.807) is 11.7 Å². The van der Waals surface area contributed by atoms with Crippen LogP contribution in [0.25, 0.3) is 0 Å². The predicted octanol–water partition coefficient (Wildman–Crippen LogP) is 0.958. The SMILES string of the molecule is Nc1cc(C(=O)NCc2cncs2)c([N+](=O)[O-])cn1. The number of thiazole rings is 1. The Hall–Kier alpha value is -2.55. The van der Waals surface area contributed by atoms with Crippen LogP contribution < -0.4 is 11.1 Å². The number of nitrogens with one attached hydrogen (secondary N) is 1. The number of anilines is 1. The number of carbonyl (C=O) groups excluding carboxylic acids is 1. The fourth-order valence-corrected chi connectivity index (χ4v) is 1.92. The van der Waals surface area contributed by atoms with Crippen molar-refractivity contribution in [2.75, 3.05) is 5.73 Å². The number of pyridine rings is 1. The van der Waals surface area contributed by atoms with Crippen LogP contribution in [-0.4, -0.2) is 20.8 Å². The van der Waals surface area contributed by atoms with Crippen molar-refractivity contribution in [1.82, 2.24) is 15.3 Å². The minimum absolute atomic E-state index is 0.0496. The lowest BCUT2D eigenvalue weighted by molar-refractivity contribution is -0.385. The topological polar surface area (TPSA) is 124 Å². The smallest absolute Gasteiger partial charge is 0.300 e. The second-order valence-corrected chi connectivity index (χ2v) is 4.50. The van der Waals surface area contributed by atoms with E-state index in [4.69, 9.17) is 5.73 Å². The van der Waals surface area contributed by atoms with Gasteiger partial charge in [-0.1, -0.05) is 0 Å². The molecule has 0 atom stereocenters. The van der Waals surface area contributed by atoms with Gasteiger partial charge >= 0.3 is 0 Å². The average molecular weight is 279 g/mol. The molecule has 2 heterocycles. The summed E-state index contributed by atoms with van der Waals surface area (Å²) in [7, 11) is 0. The zero-order valence-electron chi connectivity index (χ0n) is 9.57. The Morgan fingerprint density at radius 2 is 2.32 bits per heavy atom. The Labute approximate surface area is 111 Å². The molecule has 1 amide bonds. The molecule has 0 radical (unpaired) electrons. The number of hydrogen-bond donors (Lipinski definition) is 2. The number of nitrogens with zero attached hydrogens (tertiary/aromatic N) is 3. The van der Waals surface area contributed by atoms with E-state index in [1.165, 1.54) is 17.4 Å². The summed E-state index contributed by atoms with van der Waals surface area (Å²) in [6.45, 7) is 0.253. The Morgan fingerprint density at radius 3 is 2.95 bits per heavy atom. The van der Waals surface area contributed by atoms with Gasteiger partial charge in [-0.3, -0.25) is 19.9 Å². The van der Waals surface area contributed by atoms with Crippen LogP contribution in [0.3, 0.4) is 0 Å². The summed E-state index contributed by atoms with van der Waals surface area (Å²) >= 11 is 1.38. The second kappa shape index (κ2) is 5.40. The summed E-state index contributed by atoms with van der Waals surface area (Å²) in [6.07, 6.45) is 2.58. The molecule has 2 aromatic heterocycles. The van der Waals surface area contributed by atoms with E-state index in [1.807, 2.05) is 0 Å². The standard InChI is InChI=1S/C10H9N5O3S/c11-9-1-7(8(4-13-9)15(17)18)10(16)14-3-6-2-12-5-19-6/h1-2,4-5H,3H2,(H2,11,13)(H,14,16). The molecule has 0 fully saturated rings. The van der Waals surface area contributed by atoms with Crippen LogP contribution in [0.1, 0.15) is 15.2 Å². The van der Waals surface area contributed by atoms with Crippen molar-refractivity contribution in [2.24, 2.45) is 0 Å². The molecule has 0 spiro atoms. The van der Waals surface area contributed by atoms with Gasteiger partial charge in [0.25, 0.3) is 11.6 Å². The first-order valence-electron chi connectivity index (χ1n) is 5.13. The highest BCUT2D eigenvalue weighted by molar-refractivity contribution is 7.09. The first-order valence-corrected chi connectivity index (χ1v) is 6.01. The molecule has 9 heteroatoms. The maximum absolute atomic E-state index is 11.9. The van der Waals surface area contributed by atoms with Gasteiger partial charge < -0.3 is 11.1 Å². The molecule has 0 aliphatic carbocycles. The molecule has 3 N–H and O–H groups in total. The summed E-state index contributed by atoms with van der Waals surface area (Å²) < 4.78 is 0. The predicted molar refractivity (Wildman–Crippen MR) is 68.6 cm³/mol. The molecule has 0 aromatic carbocycles. The molecule has 19 heavy (non-hydrogen) atoms. The van der Waals surface area contributed by atoms with Crippen molar-refractivity contribution < 1.29 is 9.72 Å². The molecule has 0 unspecified atom stereocenters. The number of hydrogen-bond acceptors (Lipinski definition) is 7. The van der Waals surface area contributed by atoms with E-state index >= 15 is 0 Å². The molecule has 0 aliphatic rings. The van der Waals surface area contributed by atoms with Crippen molar-refractivity contribution in [3.05, 3.63) is 44.5 Å². The van der Waals surface area contributed by atoms with Crippen molar-refractivity contribution in [3.8, 4) is 0 Å². The van der Waals surface area contributed by atoms with Crippen LogP contribution in [0.15, 0.2) is 24.0 Å². The van der Waals surface area contributed by atoms with Crippen LogP contribution in [0.4, 0.5) is 11.5 Å². The third-order valence-electron chi connectivity index (χ3n) is 2.25. The maximum Gasteiger partial charge on any atom is 0.300 e. The summed E-state index contributed by atoms with van der Waals surface area (Å²) in [4.78, 5) is 30.3. The molecule has 2 aromatic rings. The number of nitro groups is 1. The first kappa shape index (κ1) is 12.9. The Kier molecular flexibility index (Phi) is 3.66. The number of nitrogens with two attached hydrogens (primary N) is 1. The van der Waals surface area contributed by atoms with Gasteiger partial charge in [-0.2, -0.15) is 0 Å². The molecule has 8 nitrogen and oxygen atoms in total. The fourth-order valence-electron chi connectivity index (χ4n) is 1.38. The first-order chi connectivity index (χ1) is 9.08. The molecular weight excluding hydrogens is 270 g/mol. The summed E-state index contributed by atoms with van der Waals surface area (Å²) in [6, 6.07) is 1.18. The zero-order valence-corrected chi connectivity index (χ0v) is 10.4. The van der Waals surface area contributed by atoms with Gasteiger partial charge in [-0.05, 0) is 6.07 Å². The van der Waals surface area contributed by atoms with Crippen LogP contribution >= 0.6 is 11.3 Å². The van der Waals surface area contributed by atoms with Crippen LogP contribution in [0.5, 0.6) is 0 Å². The fraction of sp³-hybridized carbons (Fsp3) is 0.100. The third-order valence-corrected chi connectivity index (χ3v) is 3.03. The Bertz CT molecular complexity index is 614. The van der Waals surface area contributed by atoms with E-state index in [-0.39, 0.29) is 23.6 Å². The highest BCUT2D eigenvalue weighted by atomic mass is 32.1. The van der Waals surface area contributed by atoms with Crippen molar-refractivity contribution in [2.45, 2.75) is 6.54 Å². The van der Waals surface area contributed by atoms with E-state index in [2.05, 4.69) is 15.3 Å². The average Bonchev–Trinajstić information content (AvgIpc) is 2.88. The third kappa shape index (κ3) is 3.01. The minimum Gasteiger partial charge on any atom is -0.384 e. The summed E-state index contributed by atoms with van der Waals surface area (Å²) in [5.74, 6) is -0.525. The molecule has 98 valence electrons. The zero-order chi connectivity index (χ0) is 13.8. The highest BCUT2D eigenvalue weighted by Crippen LogP contribution is 2.19. The molecular formula is C10H9N5O3S. The van der Waals surface area contributed by atoms with Gasteiger partial charge in [-0.25, -0.2) is 4.98 Å². The van der Waals surface area contributed by atoms with E-state index < -0.39 is 10.8 Å². The van der Waals surface area contributed by atoms with Crippen LogP contribution in [0.2, 0.25) is 0 Å². The lowest BCUT2D eigenvalue weighted by Crippen LogP contribution is -2.23. The number of carbonyl (C=O) groups is 1. The van der Waals surface area contributed by atoms with Crippen molar-refractivity contribution in [3.63, 3.8) is 0 Å². The van der Waals surface area contributed by atoms with Gasteiger partial charge in [0.2, 0.25) is 0 Å². The minimum atomic E-state index is -0.673. The second-order valence-electron chi connectivity index (χ2n) is 3.53. The quantitative estimate of drug-likeness (QED) is 0.634. The van der Waals surface area contributed by atoms with Crippen molar-refractivity contribution >= 4 is 28.7 Å². The number of nitrogen functional groups attached to an aromatic ring is 1. The van der Waals surface area contributed by atoms with E-state index in [9.17, 15) is 14.9 Å². The lowest BCUT2D eigenvalue weighted by atomic mass is 10.2. The highest BCUT2D eigenvalue weighted by Gasteiger charge is 2.21. The maximum atomic E-state index is 11.9. The van der Waals surface area contributed by atoms with Gasteiger partial charge in [0, 0.05) is 11.1 Å². The number of rotatable bonds is 4. The lowest BCUT2D eigenvalue weighted by Gasteiger charge is -2.04. The van der Waals surface area contributed by atoms with Crippen LogP contribution in [0, 0.1) is 10.1 Å². The van der Waals surface area contributed by atoms with Gasteiger partial charge in [0.15, 0.2) is 0 Å². The van der Waals surface area contributed by atoms with Gasteiger partial charge in [-0.15, -0.1) is 11.3 Å². The molecule has 0 aliphatic heterocycles. The molecule has 2 rings (SSSR count). The van der Waals surface area contributed by atoms with Crippen LogP contribution in [-0.2, 0) is 6.54 Å². The molecule has 0 saturated carbocycles. The number of amides is 1. The van der Waals surface area contributed by atoms with Crippen molar-refractivity contribution in [1.29, 1.82) is 0 Å². The molecule has 0 bridgehead atoms.